The number of rotatable bonds is 10. The Morgan fingerprint density at radius 1 is 1.10 bits per heavy atom. The fourth-order valence-electron chi connectivity index (χ4n) is 2.99. The van der Waals surface area contributed by atoms with E-state index in [0.29, 0.717) is 22.3 Å². The van der Waals surface area contributed by atoms with Crippen LogP contribution in [-0.4, -0.2) is 34.6 Å². The van der Waals surface area contributed by atoms with Crippen LogP contribution in [0.4, 0.5) is 0 Å². The molecule has 0 aliphatic carbocycles. The molecular formula is C24H30Cl2N2O2S. The molecule has 0 aliphatic rings. The van der Waals surface area contributed by atoms with Crippen molar-refractivity contribution in [3.05, 3.63) is 69.2 Å². The molecule has 2 amide bonds. The number of thioether (sulfide) groups is 1. The van der Waals surface area contributed by atoms with Gasteiger partial charge in [0.1, 0.15) is 6.04 Å². The first-order valence-electron chi connectivity index (χ1n) is 10.4. The summed E-state index contributed by atoms with van der Waals surface area (Å²) in [5, 5.41) is 4.16. The van der Waals surface area contributed by atoms with Crippen molar-refractivity contribution in [2.24, 2.45) is 0 Å². The van der Waals surface area contributed by atoms with Gasteiger partial charge in [-0.3, -0.25) is 9.59 Å². The lowest BCUT2D eigenvalue weighted by atomic mass is 10.1. The van der Waals surface area contributed by atoms with E-state index in [1.807, 2.05) is 51.1 Å². The number of amides is 2. The molecule has 2 atom stereocenters. The lowest BCUT2D eigenvalue weighted by molar-refractivity contribution is -0.138. The summed E-state index contributed by atoms with van der Waals surface area (Å²) in [5.41, 5.74) is 3.05. The smallest absolute Gasteiger partial charge is 0.242 e. The van der Waals surface area contributed by atoms with Gasteiger partial charge in [0.05, 0.1) is 5.75 Å². The van der Waals surface area contributed by atoms with E-state index in [4.69, 9.17) is 23.2 Å². The van der Waals surface area contributed by atoms with Crippen molar-refractivity contribution in [3.8, 4) is 0 Å². The van der Waals surface area contributed by atoms with Gasteiger partial charge in [-0.1, -0.05) is 60.5 Å². The van der Waals surface area contributed by atoms with Crippen LogP contribution in [0.5, 0.6) is 0 Å². The minimum absolute atomic E-state index is 0.0618. The summed E-state index contributed by atoms with van der Waals surface area (Å²) in [6, 6.07) is 12.8. The van der Waals surface area contributed by atoms with Crippen molar-refractivity contribution in [1.82, 2.24) is 10.2 Å². The zero-order valence-electron chi connectivity index (χ0n) is 18.5. The maximum atomic E-state index is 13.2. The van der Waals surface area contributed by atoms with Gasteiger partial charge in [-0.2, -0.15) is 0 Å². The maximum absolute atomic E-state index is 13.2. The van der Waals surface area contributed by atoms with Gasteiger partial charge in [-0.25, -0.2) is 0 Å². The summed E-state index contributed by atoms with van der Waals surface area (Å²) >= 11 is 13.7. The molecule has 0 heterocycles. The number of halogens is 2. The molecule has 2 aromatic carbocycles. The van der Waals surface area contributed by atoms with Crippen molar-refractivity contribution in [2.45, 2.75) is 58.5 Å². The maximum Gasteiger partial charge on any atom is 0.242 e. The summed E-state index contributed by atoms with van der Waals surface area (Å²) in [6.45, 7) is 8.17. The van der Waals surface area contributed by atoms with Crippen LogP contribution in [0.3, 0.4) is 0 Å². The number of nitrogens with one attached hydrogen (secondary N) is 1. The van der Waals surface area contributed by atoms with Crippen LogP contribution in [0.2, 0.25) is 10.0 Å². The Hall–Kier alpha value is -1.69. The Morgan fingerprint density at radius 2 is 1.81 bits per heavy atom. The molecule has 0 aliphatic heterocycles. The van der Waals surface area contributed by atoms with E-state index in [1.54, 1.807) is 24.0 Å². The third kappa shape index (κ3) is 7.74. The normalized spacial score (nSPS) is 12.8. The molecule has 7 heteroatoms. The highest BCUT2D eigenvalue weighted by Gasteiger charge is 2.27. The molecule has 0 radical (unpaired) electrons. The van der Waals surface area contributed by atoms with Gasteiger partial charge in [0.15, 0.2) is 0 Å². The minimum Gasteiger partial charge on any atom is -0.352 e. The average molecular weight is 481 g/mol. The molecule has 0 fully saturated rings. The molecule has 4 nitrogen and oxygen atoms in total. The second-order valence-electron chi connectivity index (χ2n) is 7.67. The Morgan fingerprint density at radius 3 is 2.45 bits per heavy atom. The zero-order chi connectivity index (χ0) is 23.0. The zero-order valence-corrected chi connectivity index (χ0v) is 20.8. The van der Waals surface area contributed by atoms with Gasteiger partial charge in [-0.05, 0) is 56.0 Å². The lowest BCUT2D eigenvalue weighted by Crippen LogP contribution is -2.50. The van der Waals surface area contributed by atoms with Gasteiger partial charge < -0.3 is 10.2 Å². The van der Waals surface area contributed by atoms with E-state index in [1.165, 1.54) is 11.8 Å². The monoisotopic (exact) mass is 480 g/mol. The Kier molecular flexibility index (Phi) is 10.2. The predicted octanol–water partition coefficient (Wildman–Crippen LogP) is 5.87. The fraction of sp³-hybridized carbons (Fsp3) is 0.417. The predicted molar refractivity (Wildman–Crippen MR) is 132 cm³/mol. The number of carbonyl (C=O) groups is 2. The number of nitrogens with zero attached hydrogens (tertiary/aromatic N) is 1. The summed E-state index contributed by atoms with van der Waals surface area (Å²) in [4.78, 5) is 27.6. The highest BCUT2D eigenvalue weighted by molar-refractivity contribution is 7.99. The van der Waals surface area contributed by atoms with Crippen molar-refractivity contribution in [1.29, 1.82) is 0 Å². The van der Waals surface area contributed by atoms with Crippen LogP contribution in [-0.2, 0) is 21.9 Å². The topological polar surface area (TPSA) is 49.4 Å². The molecule has 2 rings (SSSR count). The van der Waals surface area contributed by atoms with Crippen LogP contribution >= 0.6 is 35.0 Å². The molecule has 1 N–H and O–H groups in total. The summed E-state index contributed by atoms with van der Waals surface area (Å²) in [7, 11) is 0. The van der Waals surface area contributed by atoms with E-state index >= 15 is 0 Å². The molecular weight excluding hydrogens is 451 g/mol. The summed E-state index contributed by atoms with van der Waals surface area (Å²) < 4.78 is 0. The summed E-state index contributed by atoms with van der Waals surface area (Å²) in [6.07, 6.45) is 0.835. The van der Waals surface area contributed by atoms with E-state index in [2.05, 4.69) is 5.32 Å². The van der Waals surface area contributed by atoms with E-state index < -0.39 is 6.04 Å². The SMILES string of the molecule is CCC(C)NC(=O)C(C)N(Cc1ccccc1C)C(=O)CSCc1ccc(Cl)cc1Cl. The summed E-state index contributed by atoms with van der Waals surface area (Å²) in [5.74, 6) is 0.631. The third-order valence-electron chi connectivity index (χ3n) is 5.27. The van der Waals surface area contributed by atoms with Gasteiger partial charge >= 0.3 is 0 Å². The van der Waals surface area contributed by atoms with Crippen molar-refractivity contribution in [3.63, 3.8) is 0 Å². The lowest BCUT2D eigenvalue weighted by Gasteiger charge is -2.30. The van der Waals surface area contributed by atoms with E-state index in [-0.39, 0.29) is 23.6 Å². The molecule has 0 saturated heterocycles. The first-order chi connectivity index (χ1) is 14.7. The Balaban J connectivity index is 2.11. The number of hydrogen-bond acceptors (Lipinski definition) is 3. The molecule has 0 spiro atoms. The van der Waals surface area contributed by atoms with Gasteiger partial charge in [-0.15, -0.1) is 11.8 Å². The Labute approximate surface area is 199 Å². The number of carbonyl (C=O) groups excluding carboxylic acids is 2. The van der Waals surface area contributed by atoms with Crippen LogP contribution in [0.25, 0.3) is 0 Å². The highest BCUT2D eigenvalue weighted by atomic mass is 35.5. The van der Waals surface area contributed by atoms with E-state index in [9.17, 15) is 9.59 Å². The first-order valence-corrected chi connectivity index (χ1v) is 12.3. The van der Waals surface area contributed by atoms with Crippen LogP contribution in [0, 0.1) is 6.92 Å². The average Bonchev–Trinajstić information content (AvgIpc) is 2.73. The third-order valence-corrected chi connectivity index (χ3v) is 6.82. The number of hydrogen-bond donors (Lipinski definition) is 1. The molecule has 0 saturated carbocycles. The first kappa shape index (κ1) is 25.6. The molecule has 31 heavy (non-hydrogen) atoms. The van der Waals surface area contributed by atoms with Crippen molar-refractivity contribution >= 4 is 46.8 Å². The molecule has 0 bridgehead atoms. The number of aryl methyl sites for hydroxylation is 1. The van der Waals surface area contributed by atoms with Gasteiger partial charge in [0.25, 0.3) is 0 Å². The highest BCUT2D eigenvalue weighted by Crippen LogP contribution is 2.25. The molecule has 2 aromatic rings. The second-order valence-corrected chi connectivity index (χ2v) is 9.50. The van der Waals surface area contributed by atoms with Crippen molar-refractivity contribution < 1.29 is 9.59 Å². The van der Waals surface area contributed by atoms with Crippen molar-refractivity contribution in [2.75, 3.05) is 5.75 Å². The largest absolute Gasteiger partial charge is 0.352 e. The standard InChI is InChI=1S/C24H30Cl2N2O2S/c1-5-17(3)27-24(30)18(4)28(13-19-9-7-6-8-16(19)2)23(29)15-31-14-20-10-11-21(25)12-22(20)26/h6-12,17-18H,5,13-15H2,1-4H3,(H,27,30). The van der Waals surface area contributed by atoms with Gasteiger partial charge in [0.2, 0.25) is 11.8 Å². The van der Waals surface area contributed by atoms with Crippen LogP contribution in [0.1, 0.15) is 43.9 Å². The second kappa shape index (κ2) is 12.4. The van der Waals surface area contributed by atoms with Crippen LogP contribution < -0.4 is 5.32 Å². The molecule has 0 aromatic heterocycles. The molecule has 2 unspecified atom stereocenters. The Bertz CT molecular complexity index is 907. The van der Waals surface area contributed by atoms with Gasteiger partial charge in [0, 0.05) is 28.4 Å². The van der Waals surface area contributed by atoms with E-state index in [0.717, 1.165) is 23.1 Å². The molecule has 168 valence electrons. The quantitative estimate of drug-likeness (QED) is 0.462. The number of benzene rings is 2. The van der Waals surface area contributed by atoms with Crippen LogP contribution in [0.15, 0.2) is 42.5 Å². The minimum atomic E-state index is -0.569. The fourth-order valence-corrected chi connectivity index (χ4v) is 4.46.